The topological polar surface area (TPSA) is 82.1 Å². The van der Waals surface area contributed by atoms with Crippen LogP contribution in [0.5, 0.6) is 0 Å². The van der Waals surface area contributed by atoms with Gasteiger partial charge in [-0.1, -0.05) is 0 Å². The van der Waals surface area contributed by atoms with Crippen molar-refractivity contribution in [3.05, 3.63) is 11.8 Å². The molecule has 2 bridgehead atoms. The Hall–Kier alpha value is -1.49. The van der Waals surface area contributed by atoms with E-state index in [0.29, 0.717) is 0 Å². The molecule has 1 amide bonds. The van der Waals surface area contributed by atoms with Crippen LogP contribution in [-0.2, 0) is 23.8 Å². The van der Waals surface area contributed by atoms with Gasteiger partial charge in [0.2, 0.25) is 0 Å². The SMILES string of the molecule is CC(C)(C)OC(=O)N1[C@H]2COC[C@@H]1C=C(OS(=O)(=O)C(F)(F)F)C2. The van der Waals surface area contributed by atoms with E-state index in [0.717, 1.165) is 6.08 Å². The van der Waals surface area contributed by atoms with Crippen molar-refractivity contribution in [2.24, 2.45) is 0 Å². The molecule has 0 unspecified atom stereocenters. The number of nitrogens with zero attached hydrogens (tertiary/aromatic N) is 1. The predicted molar refractivity (Wildman–Crippen MR) is 75.2 cm³/mol. The number of ether oxygens (including phenoxy) is 2. The van der Waals surface area contributed by atoms with Crippen LogP contribution in [0.3, 0.4) is 0 Å². The van der Waals surface area contributed by atoms with Crippen LogP contribution in [0, 0.1) is 0 Å². The largest absolute Gasteiger partial charge is 0.534 e. The number of hydrogen-bond acceptors (Lipinski definition) is 6. The summed E-state index contributed by atoms with van der Waals surface area (Å²) < 4.78 is 74.2. The fourth-order valence-electron chi connectivity index (χ4n) is 2.41. The minimum atomic E-state index is -5.74. The number of carbonyl (C=O) groups excluding carboxylic acids is 1. The highest BCUT2D eigenvalue weighted by atomic mass is 32.2. The van der Waals surface area contributed by atoms with Gasteiger partial charge >= 0.3 is 21.7 Å². The molecular weight excluding hydrogens is 355 g/mol. The Balaban J connectivity index is 2.20. The van der Waals surface area contributed by atoms with Crippen LogP contribution >= 0.6 is 0 Å². The molecule has 2 atom stereocenters. The van der Waals surface area contributed by atoms with Gasteiger partial charge < -0.3 is 13.7 Å². The number of hydrogen-bond donors (Lipinski definition) is 0. The molecule has 7 nitrogen and oxygen atoms in total. The molecule has 0 aromatic rings. The van der Waals surface area contributed by atoms with E-state index >= 15 is 0 Å². The maximum atomic E-state index is 12.4. The van der Waals surface area contributed by atoms with E-state index in [9.17, 15) is 26.4 Å². The lowest BCUT2D eigenvalue weighted by Crippen LogP contribution is -2.57. The molecule has 1 fully saturated rings. The van der Waals surface area contributed by atoms with Gasteiger partial charge in [0, 0.05) is 6.42 Å². The van der Waals surface area contributed by atoms with Gasteiger partial charge in [-0.05, 0) is 26.8 Å². The second-order valence-corrected chi connectivity index (χ2v) is 8.00. The fraction of sp³-hybridized carbons (Fsp3) is 0.769. The van der Waals surface area contributed by atoms with Crippen LogP contribution in [0.25, 0.3) is 0 Å². The molecule has 138 valence electrons. The van der Waals surface area contributed by atoms with E-state index in [2.05, 4.69) is 4.18 Å². The minimum absolute atomic E-state index is 0.00860. The second-order valence-electron chi connectivity index (χ2n) is 6.47. The highest BCUT2D eigenvalue weighted by Gasteiger charge is 2.50. The molecule has 0 N–H and O–H groups in total. The molecule has 0 aliphatic carbocycles. The van der Waals surface area contributed by atoms with Crippen LogP contribution in [0.1, 0.15) is 27.2 Å². The molecule has 0 aromatic heterocycles. The Bertz CT molecular complexity index is 637. The van der Waals surface area contributed by atoms with Crippen molar-refractivity contribution in [1.82, 2.24) is 4.90 Å². The monoisotopic (exact) mass is 373 g/mol. The summed E-state index contributed by atoms with van der Waals surface area (Å²) in [5.74, 6) is -0.356. The first-order chi connectivity index (χ1) is 10.8. The number of alkyl halides is 3. The van der Waals surface area contributed by atoms with Crippen molar-refractivity contribution in [3.63, 3.8) is 0 Å². The molecule has 2 aliphatic rings. The smallest absolute Gasteiger partial charge is 0.444 e. The molecule has 0 saturated carbocycles. The lowest BCUT2D eigenvalue weighted by Gasteiger charge is -2.44. The highest BCUT2D eigenvalue weighted by Crippen LogP contribution is 2.33. The first-order valence-electron chi connectivity index (χ1n) is 7.11. The fourth-order valence-corrected chi connectivity index (χ4v) is 2.91. The van der Waals surface area contributed by atoms with Crippen molar-refractivity contribution >= 4 is 16.2 Å². The summed E-state index contributed by atoms with van der Waals surface area (Å²) in [6, 6.07) is -1.42. The average molecular weight is 373 g/mol. The van der Waals surface area contributed by atoms with Crippen LogP contribution in [0.4, 0.5) is 18.0 Å². The van der Waals surface area contributed by atoms with E-state index in [1.807, 2.05) is 0 Å². The third-order valence-electron chi connectivity index (χ3n) is 3.27. The molecular formula is C13H18F3NO6S. The van der Waals surface area contributed by atoms with E-state index in [-0.39, 0.29) is 25.4 Å². The zero-order valence-electron chi connectivity index (χ0n) is 13.3. The van der Waals surface area contributed by atoms with Crippen LogP contribution < -0.4 is 0 Å². The average Bonchev–Trinajstić information content (AvgIpc) is 2.33. The summed E-state index contributed by atoms with van der Waals surface area (Å²) in [4.78, 5) is 13.6. The normalized spacial score (nSPS) is 25.1. The zero-order valence-corrected chi connectivity index (χ0v) is 14.1. The molecule has 0 spiro atoms. The Morgan fingerprint density at radius 1 is 1.29 bits per heavy atom. The molecule has 2 rings (SSSR count). The first kappa shape index (κ1) is 18.8. The van der Waals surface area contributed by atoms with Crippen LogP contribution in [-0.4, -0.2) is 55.8 Å². The molecule has 2 aliphatic heterocycles. The van der Waals surface area contributed by atoms with Crippen molar-refractivity contribution < 1.29 is 40.0 Å². The van der Waals surface area contributed by atoms with Gasteiger partial charge in [0.1, 0.15) is 11.4 Å². The van der Waals surface area contributed by atoms with E-state index in [4.69, 9.17) is 9.47 Å². The zero-order chi connectivity index (χ0) is 18.3. The number of fused-ring (bicyclic) bond motifs is 2. The molecule has 1 saturated heterocycles. The summed E-state index contributed by atoms with van der Waals surface area (Å²) in [6.45, 7) is 5.10. The third kappa shape index (κ3) is 4.12. The standard InChI is InChI=1S/C13H18F3NO6S/c1-12(2,3)22-11(18)17-8-4-10(5-9(17)7-21-6-8)23-24(19,20)13(14,15)16/h4,8-9H,5-7H2,1-3H3/t8-,9+/m0/s1. The minimum Gasteiger partial charge on any atom is -0.444 e. The first-order valence-corrected chi connectivity index (χ1v) is 8.51. The van der Waals surface area contributed by atoms with Gasteiger partial charge in [0.05, 0.1) is 25.3 Å². The van der Waals surface area contributed by atoms with Gasteiger partial charge in [-0.25, -0.2) is 4.79 Å². The Kier molecular flexibility index (Phi) is 4.79. The molecule has 11 heteroatoms. The second kappa shape index (κ2) is 6.10. The van der Waals surface area contributed by atoms with Gasteiger partial charge in [-0.3, -0.25) is 4.90 Å². The van der Waals surface area contributed by atoms with Gasteiger partial charge in [0.15, 0.2) is 0 Å². The van der Waals surface area contributed by atoms with Gasteiger partial charge in [-0.15, -0.1) is 0 Å². The summed E-state index contributed by atoms with van der Waals surface area (Å²) >= 11 is 0. The van der Waals surface area contributed by atoms with E-state index in [1.54, 1.807) is 20.8 Å². The highest BCUT2D eigenvalue weighted by molar-refractivity contribution is 7.87. The Labute approximate surface area is 137 Å². The van der Waals surface area contributed by atoms with Gasteiger partial charge in [-0.2, -0.15) is 21.6 Å². The Morgan fingerprint density at radius 2 is 1.92 bits per heavy atom. The predicted octanol–water partition coefficient (Wildman–Crippen LogP) is 2.14. The summed E-state index contributed by atoms with van der Waals surface area (Å²) in [6.07, 6.45) is 0.281. The maximum absolute atomic E-state index is 12.4. The Morgan fingerprint density at radius 3 is 2.42 bits per heavy atom. The van der Waals surface area contributed by atoms with Crippen molar-refractivity contribution in [2.45, 2.75) is 50.4 Å². The van der Waals surface area contributed by atoms with Crippen molar-refractivity contribution in [2.75, 3.05) is 13.2 Å². The molecule has 0 aromatic carbocycles. The van der Waals surface area contributed by atoms with Crippen molar-refractivity contribution in [3.8, 4) is 0 Å². The number of carbonyl (C=O) groups is 1. The number of morpholine rings is 1. The lowest BCUT2D eigenvalue weighted by atomic mass is 10.0. The number of amides is 1. The number of rotatable bonds is 2. The number of halogens is 3. The van der Waals surface area contributed by atoms with Crippen LogP contribution in [0.2, 0.25) is 0 Å². The van der Waals surface area contributed by atoms with E-state index < -0.39 is 39.4 Å². The van der Waals surface area contributed by atoms with Crippen LogP contribution in [0.15, 0.2) is 11.8 Å². The molecule has 0 radical (unpaired) electrons. The summed E-state index contributed by atoms with van der Waals surface area (Å²) in [5.41, 5.74) is -6.26. The quantitative estimate of drug-likeness (QED) is 0.545. The summed E-state index contributed by atoms with van der Waals surface area (Å²) in [7, 11) is -5.74. The van der Waals surface area contributed by atoms with Gasteiger partial charge in [0.25, 0.3) is 0 Å². The molecule has 2 heterocycles. The third-order valence-corrected chi connectivity index (χ3v) is 4.27. The lowest BCUT2D eigenvalue weighted by molar-refractivity contribution is -0.0621. The van der Waals surface area contributed by atoms with Crippen molar-refractivity contribution in [1.29, 1.82) is 0 Å². The molecule has 24 heavy (non-hydrogen) atoms. The maximum Gasteiger partial charge on any atom is 0.534 e. The van der Waals surface area contributed by atoms with E-state index in [1.165, 1.54) is 4.90 Å². The summed E-state index contributed by atoms with van der Waals surface area (Å²) in [5, 5.41) is 0.